The van der Waals surface area contributed by atoms with Crippen LogP contribution < -0.4 is 10.6 Å². The number of hydrogen-bond donors (Lipinski definition) is 2. The smallest absolute Gasteiger partial charge is 0.191 e. The molecule has 30 heavy (non-hydrogen) atoms. The summed E-state index contributed by atoms with van der Waals surface area (Å²) in [5.74, 6) is 0.875. The summed E-state index contributed by atoms with van der Waals surface area (Å²) in [6.45, 7) is 7.65. The van der Waals surface area contributed by atoms with Crippen molar-refractivity contribution in [3.05, 3.63) is 35.4 Å². The lowest BCUT2D eigenvalue weighted by atomic mass is 9.89. The Labute approximate surface area is 198 Å². The normalized spacial score (nSPS) is 21.0. The van der Waals surface area contributed by atoms with Crippen molar-refractivity contribution in [2.75, 3.05) is 46.1 Å². The van der Waals surface area contributed by atoms with E-state index in [4.69, 9.17) is 14.2 Å². The summed E-state index contributed by atoms with van der Waals surface area (Å²) in [5.41, 5.74) is 2.83. The minimum Gasteiger partial charge on any atom is -0.379 e. The third kappa shape index (κ3) is 8.69. The van der Waals surface area contributed by atoms with Gasteiger partial charge in [0.2, 0.25) is 0 Å². The number of guanidine groups is 1. The van der Waals surface area contributed by atoms with Crippen LogP contribution in [0.1, 0.15) is 56.3 Å². The van der Waals surface area contributed by atoms with E-state index in [1.165, 1.54) is 24.0 Å². The third-order valence-electron chi connectivity index (χ3n) is 5.41. The molecule has 170 valence electrons. The molecule has 2 unspecified atom stereocenters. The first-order valence-electron chi connectivity index (χ1n) is 11.3. The van der Waals surface area contributed by atoms with Crippen molar-refractivity contribution in [1.82, 2.24) is 10.6 Å². The average Bonchev–Trinajstić information content (AvgIpc) is 3.27. The number of aliphatic imine (C=N–C) groups is 1. The molecule has 0 bridgehead atoms. The molecule has 0 spiro atoms. The van der Waals surface area contributed by atoms with Crippen molar-refractivity contribution >= 4 is 29.9 Å². The molecule has 1 fully saturated rings. The first kappa shape index (κ1) is 25.4. The van der Waals surface area contributed by atoms with Crippen molar-refractivity contribution in [2.24, 2.45) is 4.99 Å². The van der Waals surface area contributed by atoms with Crippen LogP contribution in [0.15, 0.2) is 29.3 Å². The second-order valence-corrected chi connectivity index (χ2v) is 7.70. The molecule has 0 aromatic heterocycles. The van der Waals surface area contributed by atoms with Crippen LogP contribution in [-0.4, -0.2) is 58.1 Å². The fourth-order valence-corrected chi connectivity index (χ4v) is 3.88. The summed E-state index contributed by atoms with van der Waals surface area (Å²) in [6.07, 6.45) is 6.97. The number of nitrogens with zero attached hydrogens (tertiary/aromatic N) is 1. The van der Waals surface area contributed by atoms with E-state index in [1.54, 1.807) is 0 Å². The molecule has 6 nitrogen and oxygen atoms in total. The number of benzene rings is 1. The highest BCUT2D eigenvalue weighted by atomic mass is 127. The fraction of sp³-hybridized carbons (Fsp3) is 0.696. The Balaban J connectivity index is 0.00000320. The number of aryl methyl sites for hydroxylation is 1. The van der Waals surface area contributed by atoms with Gasteiger partial charge in [-0.25, -0.2) is 0 Å². The van der Waals surface area contributed by atoms with Crippen LogP contribution in [0.25, 0.3) is 0 Å². The highest BCUT2D eigenvalue weighted by Gasteiger charge is 2.19. The molecule has 1 aliphatic carbocycles. The molecule has 0 radical (unpaired) electrons. The molecule has 1 heterocycles. The van der Waals surface area contributed by atoms with Crippen LogP contribution in [0.3, 0.4) is 0 Å². The molecule has 1 aliphatic heterocycles. The van der Waals surface area contributed by atoms with Gasteiger partial charge in [-0.15, -0.1) is 24.0 Å². The quantitative estimate of drug-likeness (QED) is 0.197. The first-order chi connectivity index (χ1) is 14.4. The van der Waals surface area contributed by atoms with Crippen LogP contribution in [0.5, 0.6) is 0 Å². The Morgan fingerprint density at radius 2 is 2.00 bits per heavy atom. The third-order valence-corrected chi connectivity index (χ3v) is 5.41. The van der Waals surface area contributed by atoms with Crippen LogP contribution in [-0.2, 0) is 20.6 Å². The summed E-state index contributed by atoms with van der Waals surface area (Å²) >= 11 is 0. The van der Waals surface area contributed by atoms with E-state index in [2.05, 4.69) is 46.8 Å². The van der Waals surface area contributed by atoms with Gasteiger partial charge in [0.25, 0.3) is 0 Å². The zero-order valence-corrected chi connectivity index (χ0v) is 20.6. The van der Waals surface area contributed by atoms with E-state index >= 15 is 0 Å². The number of ether oxygens (including phenoxy) is 3. The first-order valence-corrected chi connectivity index (χ1v) is 11.3. The molecule has 1 saturated heterocycles. The van der Waals surface area contributed by atoms with E-state index in [-0.39, 0.29) is 36.2 Å². The van der Waals surface area contributed by atoms with Crippen molar-refractivity contribution < 1.29 is 14.2 Å². The van der Waals surface area contributed by atoms with Gasteiger partial charge in [-0.2, -0.15) is 0 Å². The summed E-state index contributed by atoms with van der Waals surface area (Å²) in [5, 5.41) is 6.69. The lowest BCUT2D eigenvalue weighted by Gasteiger charge is -2.25. The van der Waals surface area contributed by atoms with Crippen LogP contribution in [0.2, 0.25) is 0 Å². The minimum absolute atomic E-state index is 0. The number of nitrogens with one attached hydrogen (secondary N) is 2. The van der Waals surface area contributed by atoms with Gasteiger partial charge in [0, 0.05) is 39.5 Å². The van der Waals surface area contributed by atoms with Gasteiger partial charge in [0.1, 0.15) is 0 Å². The summed E-state index contributed by atoms with van der Waals surface area (Å²) in [6, 6.07) is 8.69. The molecule has 7 heteroatoms. The Morgan fingerprint density at radius 1 is 1.13 bits per heavy atom. The SMILES string of the molecule is CCNC(=NCCCOC1CCCc2ccccc21)NCCCOC1CCOC1.I. The maximum Gasteiger partial charge on any atom is 0.191 e. The van der Waals surface area contributed by atoms with Gasteiger partial charge in [-0.3, -0.25) is 4.99 Å². The van der Waals surface area contributed by atoms with Gasteiger partial charge < -0.3 is 24.8 Å². The summed E-state index contributed by atoms with van der Waals surface area (Å²) < 4.78 is 17.3. The Hall–Kier alpha value is -0.900. The highest BCUT2D eigenvalue weighted by Crippen LogP contribution is 2.32. The maximum absolute atomic E-state index is 6.18. The largest absolute Gasteiger partial charge is 0.379 e. The summed E-state index contributed by atoms with van der Waals surface area (Å²) in [4.78, 5) is 4.67. The Kier molecular flexibility index (Phi) is 12.7. The number of fused-ring (bicyclic) bond motifs is 1. The van der Waals surface area contributed by atoms with E-state index < -0.39 is 0 Å². The standard InChI is InChI=1S/C23H37N3O3.HI/c1-2-24-23(25-13-6-15-28-20-12-17-27-18-20)26-14-7-16-29-22-11-5-9-19-8-3-4-10-21(19)22;/h3-4,8,10,20,22H,2,5-7,9,11-18H2,1H3,(H2,24,25,26);1H. The molecule has 2 aliphatic rings. The predicted octanol–water partition coefficient (Wildman–Crippen LogP) is 3.84. The molecule has 2 atom stereocenters. The van der Waals surface area contributed by atoms with Gasteiger partial charge in [-0.1, -0.05) is 24.3 Å². The molecular formula is C23H38IN3O3. The van der Waals surface area contributed by atoms with E-state index in [0.717, 1.165) is 77.7 Å². The molecule has 2 N–H and O–H groups in total. The van der Waals surface area contributed by atoms with Crippen LogP contribution >= 0.6 is 24.0 Å². The average molecular weight is 531 g/mol. The van der Waals surface area contributed by atoms with E-state index in [9.17, 15) is 0 Å². The molecule has 1 aromatic carbocycles. The molecule has 0 amide bonds. The van der Waals surface area contributed by atoms with Gasteiger partial charge in [0.15, 0.2) is 5.96 Å². The second kappa shape index (κ2) is 15.0. The van der Waals surface area contributed by atoms with Crippen molar-refractivity contribution in [2.45, 2.75) is 57.7 Å². The van der Waals surface area contributed by atoms with Crippen molar-refractivity contribution in [1.29, 1.82) is 0 Å². The number of rotatable bonds is 11. The lowest BCUT2D eigenvalue weighted by molar-refractivity contribution is 0.0402. The Morgan fingerprint density at radius 3 is 2.83 bits per heavy atom. The fourth-order valence-electron chi connectivity index (χ4n) is 3.88. The van der Waals surface area contributed by atoms with Gasteiger partial charge in [-0.05, 0) is 56.6 Å². The maximum atomic E-state index is 6.18. The second-order valence-electron chi connectivity index (χ2n) is 7.70. The molecule has 3 rings (SSSR count). The summed E-state index contributed by atoms with van der Waals surface area (Å²) in [7, 11) is 0. The topological polar surface area (TPSA) is 64.1 Å². The highest BCUT2D eigenvalue weighted by molar-refractivity contribution is 14.0. The number of hydrogen-bond acceptors (Lipinski definition) is 4. The minimum atomic E-state index is 0. The molecular weight excluding hydrogens is 493 g/mol. The van der Waals surface area contributed by atoms with Gasteiger partial charge >= 0.3 is 0 Å². The Bertz CT molecular complexity index is 623. The van der Waals surface area contributed by atoms with E-state index in [1.807, 2.05) is 0 Å². The van der Waals surface area contributed by atoms with Crippen LogP contribution in [0.4, 0.5) is 0 Å². The molecule has 0 saturated carbocycles. The lowest BCUT2D eigenvalue weighted by Crippen LogP contribution is -2.38. The molecule has 1 aromatic rings. The van der Waals surface area contributed by atoms with E-state index in [0.29, 0.717) is 0 Å². The van der Waals surface area contributed by atoms with Crippen molar-refractivity contribution in [3.63, 3.8) is 0 Å². The van der Waals surface area contributed by atoms with Crippen LogP contribution in [0, 0.1) is 0 Å². The van der Waals surface area contributed by atoms with Crippen molar-refractivity contribution in [3.8, 4) is 0 Å². The number of halogens is 1. The van der Waals surface area contributed by atoms with Gasteiger partial charge in [0.05, 0.1) is 18.8 Å². The predicted molar refractivity (Wildman–Crippen MR) is 132 cm³/mol. The monoisotopic (exact) mass is 531 g/mol. The zero-order valence-electron chi connectivity index (χ0n) is 18.2. The zero-order chi connectivity index (χ0) is 20.2.